The van der Waals surface area contributed by atoms with Gasteiger partial charge in [0, 0.05) is 6.07 Å². The number of hydrogen-bond acceptors (Lipinski definition) is 1. The summed E-state index contributed by atoms with van der Waals surface area (Å²) in [6.07, 6.45) is 2.39. The first kappa shape index (κ1) is 13.0. The van der Waals surface area contributed by atoms with Crippen LogP contribution in [0, 0.1) is 18.6 Å². The Morgan fingerprint density at radius 3 is 1.86 bits per heavy atom. The smallest absolute Gasteiger partial charge is 0.126 e. The van der Waals surface area contributed by atoms with Gasteiger partial charge in [-0.15, -0.1) is 0 Å². The van der Waals surface area contributed by atoms with E-state index >= 15 is 0 Å². The molecule has 1 aromatic carbocycles. The highest BCUT2D eigenvalue weighted by molar-refractivity contribution is 5.15. The summed E-state index contributed by atoms with van der Waals surface area (Å²) in [5.41, 5.74) is 5.74. The Morgan fingerprint density at radius 1 is 1.14 bits per heavy atom. The van der Waals surface area contributed by atoms with E-state index in [9.17, 15) is 8.78 Å². The van der Waals surface area contributed by atoms with Crippen LogP contribution >= 0.6 is 0 Å². The maximum absolute atomic E-state index is 12.2. The number of hydrogen-bond donors (Lipinski definition) is 1. The van der Waals surface area contributed by atoms with Gasteiger partial charge < -0.3 is 5.73 Å². The molecule has 1 rings (SSSR count). The lowest BCUT2D eigenvalue weighted by Crippen LogP contribution is -1.95. The van der Waals surface area contributed by atoms with E-state index in [1.807, 2.05) is 0 Å². The van der Waals surface area contributed by atoms with Crippen molar-refractivity contribution in [2.45, 2.75) is 26.7 Å². The minimum absolute atomic E-state index is 0.521. The lowest BCUT2D eigenvalue weighted by Gasteiger charge is -1.91. The summed E-state index contributed by atoms with van der Waals surface area (Å²) >= 11 is 0. The van der Waals surface area contributed by atoms with Crippen LogP contribution in [0.5, 0.6) is 0 Å². The van der Waals surface area contributed by atoms with Crippen molar-refractivity contribution >= 4 is 0 Å². The number of unbranched alkanes of at least 4 members (excludes halogenated alkanes) is 1. The lowest BCUT2D eigenvalue weighted by atomic mass is 10.2. The van der Waals surface area contributed by atoms with Crippen LogP contribution in [0.25, 0.3) is 0 Å². The summed E-state index contributed by atoms with van der Waals surface area (Å²) in [5.74, 6) is -1.04. The summed E-state index contributed by atoms with van der Waals surface area (Å²) in [5, 5.41) is 0. The predicted octanol–water partition coefficient (Wildman–Crippen LogP) is 3.02. The first-order valence-corrected chi connectivity index (χ1v) is 4.73. The van der Waals surface area contributed by atoms with Crippen molar-refractivity contribution < 1.29 is 8.78 Å². The third-order valence-electron chi connectivity index (χ3n) is 1.56. The zero-order chi connectivity index (χ0) is 11.0. The molecule has 0 unspecified atom stereocenters. The molecule has 1 nitrogen and oxygen atoms in total. The highest BCUT2D eigenvalue weighted by atomic mass is 19.1. The number of nitrogens with two attached hydrogens (primary N) is 1. The molecule has 0 saturated heterocycles. The fourth-order valence-corrected chi connectivity index (χ4v) is 0.896. The van der Waals surface area contributed by atoms with E-state index in [0.717, 1.165) is 12.6 Å². The van der Waals surface area contributed by atoms with Gasteiger partial charge >= 0.3 is 0 Å². The molecule has 0 amide bonds. The monoisotopic (exact) mass is 201 g/mol. The molecule has 0 atom stereocenters. The zero-order valence-electron chi connectivity index (χ0n) is 8.69. The van der Waals surface area contributed by atoms with Crippen molar-refractivity contribution in [1.29, 1.82) is 0 Å². The van der Waals surface area contributed by atoms with E-state index in [1.165, 1.54) is 25.0 Å². The van der Waals surface area contributed by atoms with Gasteiger partial charge in [-0.1, -0.05) is 13.3 Å². The van der Waals surface area contributed by atoms with Crippen LogP contribution in [0.4, 0.5) is 8.78 Å². The molecule has 1 aromatic rings. The van der Waals surface area contributed by atoms with Crippen molar-refractivity contribution in [1.82, 2.24) is 0 Å². The molecule has 80 valence electrons. The van der Waals surface area contributed by atoms with E-state index in [4.69, 9.17) is 5.73 Å². The Morgan fingerprint density at radius 2 is 1.64 bits per heavy atom. The summed E-state index contributed by atoms with van der Waals surface area (Å²) in [4.78, 5) is 0. The van der Waals surface area contributed by atoms with Gasteiger partial charge in [-0.2, -0.15) is 0 Å². The molecule has 0 saturated carbocycles. The molecule has 0 aliphatic carbocycles. The standard InChI is InChI=1S/C7H6F2.C4H11N/c1-5-2-6(8)4-7(9)3-5;1-2-3-4-5/h2-4H,1H3;2-5H2,1H3. The van der Waals surface area contributed by atoms with Gasteiger partial charge in [0.1, 0.15) is 11.6 Å². The zero-order valence-corrected chi connectivity index (χ0v) is 8.69. The molecular formula is C11H17F2N. The molecule has 2 N–H and O–H groups in total. The predicted molar refractivity (Wildman–Crippen MR) is 55.1 cm³/mol. The molecule has 3 heteroatoms. The fourth-order valence-electron chi connectivity index (χ4n) is 0.896. The van der Waals surface area contributed by atoms with E-state index in [-0.39, 0.29) is 0 Å². The fraction of sp³-hybridized carbons (Fsp3) is 0.455. The largest absolute Gasteiger partial charge is 0.330 e. The van der Waals surface area contributed by atoms with Gasteiger partial charge in [-0.25, -0.2) is 8.78 Å². The first-order chi connectivity index (χ1) is 6.60. The lowest BCUT2D eigenvalue weighted by molar-refractivity contribution is 0.581. The van der Waals surface area contributed by atoms with E-state index in [1.54, 1.807) is 6.92 Å². The molecular weight excluding hydrogens is 184 g/mol. The van der Waals surface area contributed by atoms with Gasteiger partial charge in [0.15, 0.2) is 0 Å². The molecule has 0 aliphatic rings. The van der Waals surface area contributed by atoms with Gasteiger partial charge in [0.2, 0.25) is 0 Å². The number of benzene rings is 1. The summed E-state index contributed by atoms with van der Waals surface area (Å²) in [7, 11) is 0. The Hall–Kier alpha value is -0.960. The van der Waals surface area contributed by atoms with E-state index in [2.05, 4.69) is 6.92 Å². The van der Waals surface area contributed by atoms with Gasteiger partial charge in [-0.05, 0) is 37.6 Å². The minimum Gasteiger partial charge on any atom is -0.330 e. The number of halogens is 2. The second-order valence-electron chi connectivity index (χ2n) is 3.09. The maximum Gasteiger partial charge on any atom is 0.126 e. The van der Waals surface area contributed by atoms with Crippen molar-refractivity contribution in [2.75, 3.05) is 6.54 Å². The quantitative estimate of drug-likeness (QED) is 0.782. The van der Waals surface area contributed by atoms with Gasteiger partial charge in [0.25, 0.3) is 0 Å². The van der Waals surface area contributed by atoms with Crippen LogP contribution in [-0.4, -0.2) is 6.54 Å². The summed E-state index contributed by atoms with van der Waals surface area (Å²) in [6.45, 7) is 4.62. The second-order valence-corrected chi connectivity index (χ2v) is 3.09. The second kappa shape index (κ2) is 7.44. The average molecular weight is 201 g/mol. The molecule has 0 fully saturated rings. The maximum atomic E-state index is 12.2. The highest BCUT2D eigenvalue weighted by Crippen LogP contribution is 2.05. The first-order valence-electron chi connectivity index (χ1n) is 4.73. The molecule has 0 aliphatic heterocycles. The Labute approximate surface area is 83.9 Å². The van der Waals surface area contributed by atoms with Gasteiger partial charge in [0.05, 0.1) is 0 Å². The molecule has 0 bridgehead atoms. The molecule has 0 spiro atoms. The topological polar surface area (TPSA) is 26.0 Å². The van der Waals surface area contributed by atoms with Crippen LogP contribution in [0.2, 0.25) is 0 Å². The van der Waals surface area contributed by atoms with E-state index < -0.39 is 11.6 Å². The van der Waals surface area contributed by atoms with Crippen LogP contribution in [0.3, 0.4) is 0 Å². The van der Waals surface area contributed by atoms with Crippen LogP contribution in [-0.2, 0) is 0 Å². The third-order valence-corrected chi connectivity index (χ3v) is 1.56. The number of aryl methyl sites for hydroxylation is 1. The highest BCUT2D eigenvalue weighted by Gasteiger charge is 1.93. The summed E-state index contributed by atoms with van der Waals surface area (Å²) < 4.78 is 24.4. The van der Waals surface area contributed by atoms with Crippen LogP contribution in [0.1, 0.15) is 25.3 Å². The summed E-state index contributed by atoms with van der Waals surface area (Å²) in [6, 6.07) is 3.42. The average Bonchev–Trinajstić information content (AvgIpc) is 2.03. The van der Waals surface area contributed by atoms with Crippen LogP contribution < -0.4 is 5.73 Å². The Bertz CT molecular complexity index is 209. The Balaban J connectivity index is 0.000000292. The minimum atomic E-state index is -0.521. The normalized spacial score (nSPS) is 9.21. The van der Waals surface area contributed by atoms with Crippen molar-refractivity contribution in [3.05, 3.63) is 35.4 Å². The van der Waals surface area contributed by atoms with Crippen molar-refractivity contribution in [3.8, 4) is 0 Å². The van der Waals surface area contributed by atoms with Crippen molar-refractivity contribution in [2.24, 2.45) is 5.73 Å². The molecule has 0 aromatic heterocycles. The van der Waals surface area contributed by atoms with Gasteiger partial charge in [-0.3, -0.25) is 0 Å². The number of rotatable bonds is 2. The third kappa shape index (κ3) is 6.54. The molecule has 0 heterocycles. The van der Waals surface area contributed by atoms with Crippen molar-refractivity contribution in [3.63, 3.8) is 0 Å². The van der Waals surface area contributed by atoms with Crippen LogP contribution in [0.15, 0.2) is 18.2 Å². The molecule has 14 heavy (non-hydrogen) atoms. The molecule has 0 radical (unpaired) electrons. The Kier molecular flexibility index (Phi) is 6.93. The SMILES string of the molecule is CCCCN.Cc1cc(F)cc(F)c1. The van der Waals surface area contributed by atoms with E-state index in [0.29, 0.717) is 5.56 Å².